The summed E-state index contributed by atoms with van der Waals surface area (Å²) in [6, 6.07) is 32.5. The van der Waals surface area contributed by atoms with Crippen LogP contribution in [0.3, 0.4) is 0 Å². The lowest BCUT2D eigenvalue weighted by Gasteiger charge is -2.35. The van der Waals surface area contributed by atoms with Gasteiger partial charge in [0.05, 0.1) is 12.6 Å². The lowest BCUT2D eigenvalue weighted by Crippen LogP contribution is -2.43. The van der Waals surface area contributed by atoms with E-state index in [0.717, 1.165) is 39.0 Å². The molecule has 0 aromatic heterocycles. The van der Waals surface area contributed by atoms with E-state index in [2.05, 4.69) is 94.7 Å². The smallest absolute Gasteiger partial charge is 0.0628 e. The molecule has 0 aliphatic carbocycles. The lowest BCUT2D eigenvalue weighted by atomic mass is 10.0. The van der Waals surface area contributed by atoms with Crippen molar-refractivity contribution in [1.82, 2.24) is 9.80 Å². The average molecular weight is 401 g/mol. The molecular weight excluding hydrogens is 368 g/mol. The lowest BCUT2D eigenvalue weighted by molar-refractivity contribution is 0.104. The molecule has 1 aliphatic heterocycles. The Kier molecular flexibility index (Phi) is 7.30. The highest BCUT2D eigenvalue weighted by atomic mass is 16.3. The molecule has 0 bridgehead atoms. The quantitative estimate of drug-likeness (QED) is 0.631. The number of benzene rings is 3. The maximum absolute atomic E-state index is 10.2. The van der Waals surface area contributed by atoms with Crippen LogP contribution in [-0.4, -0.2) is 47.2 Å². The van der Waals surface area contributed by atoms with Gasteiger partial charge in [0.15, 0.2) is 0 Å². The fourth-order valence-electron chi connectivity index (χ4n) is 4.63. The van der Waals surface area contributed by atoms with E-state index in [1.165, 1.54) is 16.7 Å². The van der Waals surface area contributed by atoms with Crippen molar-refractivity contribution < 1.29 is 5.11 Å². The van der Waals surface area contributed by atoms with E-state index < -0.39 is 0 Å². The second-order valence-corrected chi connectivity index (χ2v) is 8.26. The Labute approximate surface area is 180 Å². The van der Waals surface area contributed by atoms with Crippen molar-refractivity contribution >= 4 is 0 Å². The Morgan fingerprint density at radius 1 is 0.767 bits per heavy atom. The Bertz CT molecular complexity index is 869. The molecule has 0 spiro atoms. The summed E-state index contributed by atoms with van der Waals surface area (Å²) in [4.78, 5) is 5.13. The highest BCUT2D eigenvalue weighted by molar-refractivity contribution is 5.21. The van der Waals surface area contributed by atoms with Crippen molar-refractivity contribution in [1.29, 1.82) is 0 Å². The molecule has 0 saturated carbocycles. The Balaban J connectivity index is 1.57. The monoisotopic (exact) mass is 400 g/mol. The van der Waals surface area contributed by atoms with Crippen LogP contribution in [-0.2, 0) is 13.0 Å². The van der Waals surface area contributed by atoms with Crippen molar-refractivity contribution in [3.05, 3.63) is 108 Å². The van der Waals surface area contributed by atoms with Crippen molar-refractivity contribution in [2.24, 2.45) is 0 Å². The number of aliphatic hydroxyl groups excluding tert-OH is 1. The zero-order valence-corrected chi connectivity index (χ0v) is 17.6. The molecule has 3 aromatic carbocycles. The summed E-state index contributed by atoms with van der Waals surface area (Å²) in [7, 11) is 0. The molecule has 1 aliphatic rings. The van der Waals surface area contributed by atoms with Crippen LogP contribution >= 0.6 is 0 Å². The molecule has 1 unspecified atom stereocenters. The van der Waals surface area contributed by atoms with Gasteiger partial charge in [0.2, 0.25) is 0 Å². The molecule has 4 rings (SSSR count). The van der Waals surface area contributed by atoms with Gasteiger partial charge in [-0.25, -0.2) is 0 Å². The third-order valence-corrected chi connectivity index (χ3v) is 6.19. The molecule has 30 heavy (non-hydrogen) atoms. The summed E-state index contributed by atoms with van der Waals surface area (Å²) < 4.78 is 0. The maximum atomic E-state index is 10.2. The first kappa shape index (κ1) is 20.8. The van der Waals surface area contributed by atoms with Gasteiger partial charge in [-0.2, -0.15) is 0 Å². The molecule has 0 radical (unpaired) electrons. The molecule has 1 fully saturated rings. The fraction of sp³-hybridized carbons (Fsp3) is 0.333. The standard InChI is InChI=1S/C27H32N2O/c30-22-27(25-15-8-3-9-16-25)29-18-10-17-28(20-24-13-6-2-7-14-24)26(21-29)19-23-11-4-1-5-12-23/h1-9,11-16,26-27,30H,10,17-22H2/t26-,27?/m0/s1. The minimum atomic E-state index is 0.0566. The fourth-order valence-corrected chi connectivity index (χ4v) is 4.63. The molecule has 2 atom stereocenters. The normalized spacial score (nSPS) is 19.3. The second-order valence-electron chi connectivity index (χ2n) is 8.26. The molecule has 1 N–H and O–H groups in total. The van der Waals surface area contributed by atoms with E-state index in [4.69, 9.17) is 0 Å². The topological polar surface area (TPSA) is 26.7 Å². The highest BCUT2D eigenvalue weighted by Gasteiger charge is 2.29. The molecular formula is C27H32N2O. The van der Waals surface area contributed by atoms with Crippen LogP contribution in [0.4, 0.5) is 0 Å². The van der Waals surface area contributed by atoms with Crippen molar-refractivity contribution in [3.8, 4) is 0 Å². The zero-order chi connectivity index (χ0) is 20.6. The summed E-state index contributed by atoms with van der Waals surface area (Å²) in [5, 5.41) is 10.2. The average Bonchev–Trinajstić information content (AvgIpc) is 2.99. The second kappa shape index (κ2) is 10.5. The summed E-state index contributed by atoms with van der Waals surface area (Å²) >= 11 is 0. The Morgan fingerprint density at radius 3 is 2.00 bits per heavy atom. The van der Waals surface area contributed by atoms with Gasteiger partial charge in [0.1, 0.15) is 0 Å². The number of rotatable bonds is 7. The summed E-state index contributed by atoms with van der Waals surface area (Å²) in [6.45, 7) is 4.18. The van der Waals surface area contributed by atoms with Gasteiger partial charge in [-0.1, -0.05) is 91.0 Å². The van der Waals surface area contributed by atoms with E-state index in [0.29, 0.717) is 6.04 Å². The van der Waals surface area contributed by atoms with Crippen LogP contribution in [0.25, 0.3) is 0 Å². The van der Waals surface area contributed by atoms with Gasteiger partial charge < -0.3 is 5.11 Å². The zero-order valence-electron chi connectivity index (χ0n) is 17.6. The molecule has 156 valence electrons. The van der Waals surface area contributed by atoms with Gasteiger partial charge in [0.25, 0.3) is 0 Å². The third-order valence-electron chi connectivity index (χ3n) is 6.19. The Morgan fingerprint density at radius 2 is 1.37 bits per heavy atom. The minimum Gasteiger partial charge on any atom is -0.394 e. The molecule has 3 aromatic rings. The summed E-state index contributed by atoms with van der Waals surface area (Å²) in [5.74, 6) is 0. The van der Waals surface area contributed by atoms with Crippen LogP contribution in [0, 0.1) is 0 Å². The largest absolute Gasteiger partial charge is 0.394 e. The van der Waals surface area contributed by atoms with E-state index in [-0.39, 0.29) is 12.6 Å². The first-order valence-electron chi connectivity index (χ1n) is 11.1. The van der Waals surface area contributed by atoms with Crippen LogP contribution in [0.2, 0.25) is 0 Å². The summed E-state index contributed by atoms with van der Waals surface area (Å²) in [6.07, 6.45) is 2.14. The van der Waals surface area contributed by atoms with Crippen LogP contribution in [0.15, 0.2) is 91.0 Å². The predicted octanol–water partition coefficient (Wildman–Crippen LogP) is 4.54. The maximum Gasteiger partial charge on any atom is 0.0628 e. The number of hydrogen-bond donors (Lipinski definition) is 1. The first-order valence-corrected chi connectivity index (χ1v) is 11.1. The predicted molar refractivity (Wildman–Crippen MR) is 123 cm³/mol. The van der Waals surface area contributed by atoms with E-state index in [1.54, 1.807) is 0 Å². The molecule has 1 heterocycles. The van der Waals surface area contributed by atoms with E-state index >= 15 is 0 Å². The van der Waals surface area contributed by atoms with Gasteiger partial charge in [0, 0.05) is 32.2 Å². The molecule has 1 saturated heterocycles. The van der Waals surface area contributed by atoms with Crippen LogP contribution < -0.4 is 0 Å². The number of aliphatic hydroxyl groups is 1. The van der Waals surface area contributed by atoms with E-state index in [1.807, 2.05) is 6.07 Å². The van der Waals surface area contributed by atoms with Crippen molar-refractivity contribution in [2.75, 3.05) is 26.2 Å². The first-order chi connectivity index (χ1) is 14.8. The number of nitrogens with zero attached hydrogens (tertiary/aromatic N) is 2. The van der Waals surface area contributed by atoms with Crippen molar-refractivity contribution in [2.45, 2.75) is 31.5 Å². The van der Waals surface area contributed by atoms with Crippen LogP contribution in [0.1, 0.15) is 29.2 Å². The molecule has 0 amide bonds. The SMILES string of the molecule is OCC(c1ccccc1)N1CCCN(Cc2ccccc2)[C@@H](Cc2ccccc2)C1. The van der Waals surface area contributed by atoms with E-state index in [9.17, 15) is 5.11 Å². The van der Waals surface area contributed by atoms with Gasteiger partial charge in [-0.15, -0.1) is 0 Å². The van der Waals surface area contributed by atoms with Crippen LogP contribution in [0.5, 0.6) is 0 Å². The van der Waals surface area contributed by atoms with Crippen molar-refractivity contribution in [3.63, 3.8) is 0 Å². The Hall–Kier alpha value is -2.46. The highest BCUT2D eigenvalue weighted by Crippen LogP contribution is 2.25. The third kappa shape index (κ3) is 5.37. The number of hydrogen-bond acceptors (Lipinski definition) is 3. The molecule has 3 nitrogen and oxygen atoms in total. The van der Waals surface area contributed by atoms with Gasteiger partial charge >= 0.3 is 0 Å². The minimum absolute atomic E-state index is 0.0566. The summed E-state index contributed by atoms with van der Waals surface area (Å²) in [5.41, 5.74) is 3.95. The molecule has 3 heteroatoms. The van der Waals surface area contributed by atoms with Gasteiger partial charge in [-0.3, -0.25) is 9.80 Å². The van der Waals surface area contributed by atoms with Gasteiger partial charge in [-0.05, 0) is 29.5 Å².